The van der Waals surface area contributed by atoms with Gasteiger partial charge >= 0.3 is 0 Å². The molecule has 0 saturated heterocycles. The highest BCUT2D eigenvalue weighted by Crippen LogP contribution is 2.31. The van der Waals surface area contributed by atoms with E-state index in [1.54, 1.807) is 43.7 Å². The number of hydrogen-bond donors (Lipinski definition) is 4. The number of aromatic hydroxyl groups is 2. The summed E-state index contributed by atoms with van der Waals surface area (Å²) in [4.78, 5) is 38.6. The Morgan fingerprint density at radius 1 is 0.879 bits per heavy atom. The molecule has 0 unspecified atom stereocenters. The molecule has 4 aromatic heterocycles. The van der Waals surface area contributed by atoms with E-state index in [1.807, 2.05) is 0 Å². The smallest absolute Gasteiger partial charge is 0.182 e. The van der Waals surface area contributed by atoms with E-state index in [1.165, 1.54) is 20.9 Å². The first kappa shape index (κ1) is 25.6. The van der Waals surface area contributed by atoms with Crippen LogP contribution in [0.25, 0.3) is 21.8 Å². The molecule has 0 aliphatic heterocycles. The summed E-state index contributed by atoms with van der Waals surface area (Å²) in [7, 11) is 3.20. The number of nitrogens with one attached hydrogen (secondary N) is 1. The number of nitrogens with zero attached hydrogens (tertiary/aromatic N) is 4. The lowest BCUT2D eigenvalue weighted by Crippen LogP contribution is -2.03. The van der Waals surface area contributed by atoms with Crippen LogP contribution in [-0.2, 0) is 0 Å². The first-order valence-electron chi connectivity index (χ1n) is 9.64. The van der Waals surface area contributed by atoms with Crippen molar-refractivity contribution in [3.63, 3.8) is 0 Å². The summed E-state index contributed by atoms with van der Waals surface area (Å²) >= 11 is 3.24. The molecule has 0 atom stereocenters. The summed E-state index contributed by atoms with van der Waals surface area (Å²) in [5, 5.41) is 23.9. The van der Waals surface area contributed by atoms with E-state index in [2.05, 4.69) is 46.9 Å². The molecule has 0 spiro atoms. The van der Waals surface area contributed by atoms with Gasteiger partial charge in [0.25, 0.3) is 0 Å². The monoisotopic (exact) mass is 514 g/mol. The average Bonchev–Trinajstić information content (AvgIpc) is 2.83. The fourth-order valence-electron chi connectivity index (χ4n) is 2.89. The highest BCUT2D eigenvalue weighted by molar-refractivity contribution is 9.10. The molecule has 0 aliphatic rings. The summed E-state index contributed by atoms with van der Waals surface area (Å²) < 4.78 is 0.508. The first-order valence-corrected chi connectivity index (χ1v) is 10.4. The van der Waals surface area contributed by atoms with Gasteiger partial charge in [0.05, 0.1) is 0 Å². The number of fused-ring (bicyclic) bond motifs is 2. The van der Waals surface area contributed by atoms with Gasteiger partial charge in [-0.15, -0.1) is 0 Å². The van der Waals surface area contributed by atoms with Gasteiger partial charge in [0.15, 0.2) is 34.5 Å². The highest BCUT2D eigenvalue weighted by Gasteiger charge is 2.17. The third kappa shape index (κ3) is 5.38. The van der Waals surface area contributed by atoms with Gasteiger partial charge in [0.1, 0.15) is 21.5 Å². The maximum Gasteiger partial charge on any atom is 0.182 e. The number of nitrogens with two attached hydrogens (primary N) is 1. The lowest BCUT2D eigenvalue weighted by molar-refractivity contribution is 0.0997. The maximum atomic E-state index is 11.3. The normalized spacial score (nSPS) is 10.0. The molecule has 0 amide bonds. The van der Waals surface area contributed by atoms with E-state index in [0.29, 0.717) is 32.2 Å². The van der Waals surface area contributed by atoms with Crippen molar-refractivity contribution in [1.82, 2.24) is 19.9 Å². The van der Waals surface area contributed by atoms with Crippen LogP contribution in [0.1, 0.15) is 34.8 Å². The van der Waals surface area contributed by atoms with Crippen molar-refractivity contribution in [3.05, 3.63) is 52.7 Å². The zero-order valence-corrected chi connectivity index (χ0v) is 20.0. The Hall–Kier alpha value is -3.70. The molecule has 0 aromatic carbocycles. The molecule has 172 valence electrons. The molecule has 0 saturated carbocycles. The highest BCUT2D eigenvalue weighted by atomic mass is 79.9. The molecule has 0 fully saturated rings. The summed E-state index contributed by atoms with van der Waals surface area (Å²) in [5.41, 5.74) is 5.33. The van der Waals surface area contributed by atoms with E-state index in [4.69, 9.17) is 0 Å². The molecule has 11 heteroatoms. The van der Waals surface area contributed by atoms with Gasteiger partial charge < -0.3 is 21.3 Å². The predicted octanol–water partition coefficient (Wildman–Crippen LogP) is 3.46. The van der Waals surface area contributed by atoms with Crippen molar-refractivity contribution in [3.8, 4) is 11.5 Å². The number of Topliss-reactive ketones (excluding diaryl/α,β-unsaturated/α-hetero) is 2. The Bertz CT molecular complexity index is 1330. The lowest BCUT2D eigenvalue weighted by atomic mass is 10.1. The second kappa shape index (κ2) is 11.2. The standard InChI is InChI=1S/C11H11N3O2.C10H7BrN2O2.CH5N/c1-6(15)8-10(16)9-7(4-3-5-13-9)11(12-2)14-8;1-5(14)7-9(15)8-6(10(11)13-7)3-2-4-12-8;1-2/h3-5,16H,1-2H3,(H,12,14);2-4,15H,1H3;2H2,1H3. The number of carbonyl (C=O) groups is 2. The number of halogens is 1. The average molecular weight is 515 g/mol. The van der Waals surface area contributed by atoms with Gasteiger partial charge in [-0.05, 0) is 47.2 Å². The van der Waals surface area contributed by atoms with Crippen LogP contribution >= 0.6 is 15.9 Å². The summed E-state index contributed by atoms with van der Waals surface area (Å²) in [6.07, 6.45) is 3.11. The van der Waals surface area contributed by atoms with Crippen molar-refractivity contribution in [1.29, 1.82) is 0 Å². The van der Waals surface area contributed by atoms with Crippen molar-refractivity contribution < 1.29 is 19.8 Å². The number of anilines is 1. The van der Waals surface area contributed by atoms with Crippen molar-refractivity contribution in [2.24, 2.45) is 5.73 Å². The molecule has 0 radical (unpaired) electrons. The number of rotatable bonds is 3. The van der Waals surface area contributed by atoms with Crippen LogP contribution in [0.4, 0.5) is 5.82 Å². The quantitative estimate of drug-likeness (QED) is 0.235. The Morgan fingerprint density at radius 2 is 1.33 bits per heavy atom. The maximum absolute atomic E-state index is 11.3. The molecule has 33 heavy (non-hydrogen) atoms. The van der Waals surface area contributed by atoms with E-state index in [0.717, 1.165) is 0 Å². The Kier molecular flexibility index (Phi) is 8.71. The number of hydrogen-bond acceptors (Lipinski definition) is 10. The molecule has 0 aliphatic carbocycles. The van der Waals surface area contributed by atoms with Crippen LogP contribution in [0.15, 0.2) is 41.3 Å². The van der Waals surface area contributed by atoms with Crippen molar-refractivity contribution >= 4 is 55.1 Å². The Morgan fingerprint density at radius 3 is 1.82 bits per heavy atom. The number of pyridine rings is 4. The van der Waals surface area contributed by atoms with Crippen LogP contribution < -0.4 is 11.1 Å². The van der Waals surface area contributed by atoms with E-state index in [-0.39, 0.29) is 34.5 Å². The minimum atomic E-state index is -0.291. The van der Waals surface area contributed by atoms with E-state index < -0.39 is 0 Å². The van der Waals surface area contributed by atoms with E-state index >= 15 is 0 Å². The zero-order valence-electron chi connectivity index (χ0n) is 18.4. The van der Waals surface area contributed by atoms with Crippen LogP contribution in [0.3, 0.4) is 0 Å². The molecular weight excluding hydrogens is 492 g/mol. The van der Waals surface area contributed by atoms with Crippen LogP contribution in [0.2, 0.25) is 0 Å². The summed E-state index contributed by atoms with van der Waals surface area (Å²) in [6.45, 7) is 2.71. The van der Waals surface area contributed by atoms with Gasteiger partial charge in [-0.2, -0.15) is 0 Å². The predicted molar refractivity (Wildman–Crippen MR) is 130 cm³/mol. The molecule has 10 nitrogen and oxygen atoms in total. The van der Waals surface area contributed by atoms with E-state index in [9.17, 15) is 19.8 Å². The van der Waals surface area contributed by atoms with Crippen LogP contribution in [-0.4, -0.2) is 55.8 Å². The minimum absolute atomic E-state index is 0.0353. The van der Waals surface area contributed by atoms with Crippen molar-refractivity contribution in [2.45, 2.75) is 13.8 Å². The van der Waals surface area contributed by atoms with Gasteiger partial charge in [-0.25, -0.2) is 9.97 Å². The first-order chi connectivity index (χ1) is 15.8. The Balaban J connectivity index is 0.000000218. The van der Waals surface area contributed by atoms with Gasteiger partial charge in [-0.1, -0.05) is 0 Å². The summed E-state index contributed by atoms with van der Waals surface area (Å²) in [5.74, 6) is -0.378. The fourth-order valence-corrected chi connectivity index (χ4v) is 3.38. The zero-order chi connectivity index (χ0) is 24.7. The number of carbonyl (C=O) groups excluding carboxylic acids is 2. The van der Waals surface area contributed by atoms with Gasteiger partial charge in [-0.3, -0.25) is 19.6 Å². The van der Waals surface area contributed by atoms with Crippen LogP contribution in [0.5, 0.6) is 11.5 Å². The second-order valence-corrected chi connectivity index (χ2v) is 7.17. The van der Waals surface area contributed by atoms with Crippen molar-refractivity contribution in [2.75, 3.05) is 19.4 Å². The molecule has 4 rings (SSSR count). The molecule has 0 bridgehead atoms. The molecular formula is C22H23BrN6O4. The molecule has 4 aromatic rings. The van der Waals surface area contributed by atoms with Crippen LogP contribution in [0, 0.1) is 0 Å². The molecule has 5 N–H and O–H groups in total. The fraction of sp³-hybridized carbons (Fsp3) is 0.182. The third-order valence-electron chi connectivity index (χ3n) is 4.33. The SMILES string of the molecule is CC(=O)c1nc(Br)c2cccnc2c1O.CN.CNc1nc(C(C)=O)c(O)c2ncccc12. The Labute approximate surface area is 198 Å². The molecule has 4 heterocycles. The second-order valence-electron chi connectivity index (χ2n) is 6.42. The lowest BCUT2D eigenvalue weighted by Gasteiger charge is -2.08. The topological polar surface area (TPSA) is 164 Å². The van der Waals surface area contributed by atoms with Gasteiger partial charge in [0, 0.05) is 44.1 Å². The largest absolute Gasteiger partial charge is 0.504 e. The number of aromatic nitrogens is 4. The minimum Gasteiger partial charge on any atom is -0.504 e. The summed E-state index contributed by atoms with van der Waals surface area (Å²) in [6, 6.07) is 7.03. The number of ketones is 2. The third-order valence-corrected chi connectivity index (χ3v) is 4.93. The van der Waals surface area contributed by atoms with Gasteiger partial charge in [0.2, 0.25) is 0 Å².